The first-order chi connectivity index (χ1) is 33.4. The van der Waals surface area contributed by atoms with E-state index in [0.717, 1.165) is 76.3 Å². The van der Waals surface area contributed by atoms with Gasteiger partial charge in [-0.2, -0.15) is 0 Å². The summed E-state index contributed by atoms with van der Waals surface area (Å²) in [7, 11) is -4.94. The molecule has 0 spiro atoms. The Morgan fingerprint density at radius 1 is 0.597 bits per heavy atom. The van der Waals surface area contributed by atoms with Crippen molar-refractivity contribution in [3.05, 3.63) is 12.7 Å². The summed E-state index contributed by atoms with van der Waals surface area (Å²) in [6.45, 7) is 34.0. The topological polar surface area (TPSA) is 202 Å². The highest BCUT2D eigenvalue weighted by Gasteiger charge is 2.44. The predicted octanol–water partition coefficient (Wildman–Crippen LogP) is 11.4. The number of methoxy groups -OCH3 is 1. The van der Waals surface area contributed by atoms with Crippen LogP contribution in [0.4, 0.5) is 14.4 Å². The van der Waals surface area contributed by atoms with E-state index in [1.807, 2.05) is 0 Å². The third-order valence-electron chi connectivity index (χ3n) is 12.8. The van der Waals surface area contributed by atoms with Gasteiger partial charge in [-0.15, -0.1) is 0 Å². The van der Waals surface area contributed by atoms with E-state index in [1.165, 1.54) is 7.11 Å². The minimum absolute atomic E-state index is 0.0135. The Labute approximate surface area is 436 Å². The Balaban J connectivity index is 2.04. The van der Waals surface area contributed by atoms with E-state index in [-0.39, 0.29) is 66.6 Å². The first-order valence-electron chi connectivity index (χ1n) is 26.5. The van der Waals surface area contributed by atoms with Crippen LogP contribution < -0.4 is 10.6 Å². The van der Waals surface area contributed by atoms with Crippen molar-refractivity contribution in [1.82, 2.24) is 10.6 Å². The molecule has 2 amide bonds. The van der Waals surface area contributed by atoms with Crippen molar-refractivity contribution in [2.75, 3.05) is 60.0 Å². The van der Waals surface area contributed by atoms with E-state index >= 15 is 0 Å². The summed E-state index contributed by atoms with van der Waals surface area (Å²) >= 11 is 0. The Morgan fingerprint density at radius 3 is 1.71 bits per heavy atom. The van der Waals surface area contributed by atoms with Crippen molar-refractivity contribution < 1.29 is 70.1 Å². The van der Waals surface area contributed by atoms with Crippen LogP contribution in [-0.4, -0.2) is 134 Å². The molecule has 2 aliphatic carbocycles. The summed E-state index contributed by atoms with van der Waals surface area (Å²) in [6.07, 6.45) is 9.54. The largest absolute Gasteiger partial charge is 0.507 e. The normalized spacial score (nSPS) is 22.4. The van der Waals surface area contributed by atoms with E-state index in [9.17, 15) is 24.0 Å². The van der Waals surface area contributed by atoms with Crippen molar-refractivity contribution in [3.63, 3.8) is 0 Å². The van der Waals surface area contributed by atoms with Crippen molar-refractivity contribution in [3.8, 4) is 0 Å². The van der Waals surface area contributed by atoms with Crippen LogP contribution in [0.25, 0.3) is 0 Å². The fourth-order valence-corrected chi connectivity index (χ4v) is 23.7. The van der Waals surface area contributed by atoms with Crippen LogP contribution in [-0.2, 0) is 55.7 Å². The molecule has 20 heteroatoms. The Bertz CT molecular complexity index is 1670. The zero-order chi connectivity index (χ0) is 54.3. The maximum atomic E-state index is 13.8. The summed E-state index contributed by atoms with van der Waals surface area (Å²) in [5.74, 6) is -0.924. The number of unbranched alkanes of at least 4 members (excludes halogenated alkanes) is 2. The number of rotatable bonds is 33. The molecular weight excluding hydrogens is 977 g/mol. The van der Waals surface area contributed by atoms with Crippen molar-refractivity contribution in [2.45, 2.75) is 208 Å². The molecule has 2 N–H and O–H groups in total. The maximum Gasteiger partial charge on any atom is 0.507 e. The summed E-state index contributed by atoms with van der Waals surface area (Å²) in [6, 6.07) is 0.497. The van der Waals surface area contributed by atoms with Crippen LogP contribution in [0.15, 0.2) is 12.7 Å². The average molecular weight is 1080 g/mol. The Hall–Kier alpha value is -3.02. The molecule has 2 saturated carbocycles. The van der Waals surface area contributed by atoms with Crippen LogP contribution >= 0.6 is 0 Å². The predicted molar refractivity (Wildman–Crippen MR) is 286 cm³/mol. The monoisotopic (exact) mass is 1070 g/mol. The van der Waals surface area contributed by atoms with E-state index in [4.69, 9.17) is 41.4 Å². The number of ether oxygens (including phenoxy) is 8. The zero-order valence-corrected chi connectivity index (χ0v) is 50.1. The number of nitrogens with one attached hydrogen (secondary N) is 2. The third kappa shape index (κ3) is 29.8. The van der Waals surface area contributed by atoms with Gasteiger partial charge < -0.3 is 56.8 Å². The second kappa shape index (κ2) is 30.5. The third-order valence-corrected chi connectivity index (χ3v) is 22.4. The van der Waals surface area contributed by atoms with Gasteiger partial charge in [0.15, 0.2) is 22.7 Å². The molecule has 0 heterocycles. The number of hydrogen-bond donors (Lipinski definition) is 2. The highest BCUT2D eigenvalue weighted by atomic mass is 28.5. The molecule has 0 aromatic heterocycles. The SMILES string of the molecule is C=CC(=O)OCCCOC(=O)NC1CC(C)(C)CC(C)(CCC(=O)OCC(COCCC[Si](C)(O[Si](C)(C)C)O[Si](C)(C)C)OC(=O)NC2CC(C)(C)CC(C)(CCCOCCCCCOC(=O)OC)C2)C1. The molecule has 5 atom stereocenters. The molecule has 0 aromatic carbocycles. The molecule has 418 valence electrons. The molecule has 0 radical (unpaired) electrons. The fourth-order valence-electron chi connectivity index (χ4n) is 11.2. The standard InChI is InChI=1S/C52H98N2O15Si3/c1-16-44(55)63-30-21-31-64-46(57)53-41-33-50(4,5)40-52(7,36-41)25-23-45(56)66-38-43(37-62-28-22-32-72(15,68-70(9,10)11)69-71(12,13)14)67-47(58)54-42-34-49(2,3)39-51(6,35-42)24-20-27-61-26-18-17-19-29-65-48(59)60-8/h16,41-43H,1,17-40H2,2-15H3,(H,53,57)(H,54,58). The van der Waals surface area contributed by atoms with Gasteiger partial charge in [-0.05, 0) is 157 Å². The van der Waals surface area contributed by atoms with Crippen LogP contribution in [0, 0.1) is 21.7 Å². The van der Waals surface area contributed by atoms with Crippen LogP contribution in [0.2, 0.25) is 51.9 Å². The number of hydrogen-bond acceptors (Lipinski definition) is 15. The summed E-state index contributed by atoms with van der Waals surface area (Å²) in [5, 5.41) is 6.18. The average Bonchev–Trinajstić information content (AvgIpc) is 3.22. The molecule has 72 heavy (non-hydrogen) atoms. The molecule has 2 rings (SSSR count). The molecule has 0 aromatic rings. The number of alkyl carbamates (subject to hydrolysis) is 2. The quantitative estimate of drug-likeness (QED) is 0.0206. The van der Waals surface area contributed by atoms with Crippen LogP contribution in [0.1, 0.15) is 138 Å². The molecule has 0 bridgehead atoms. The summed E-state index contributed by atoms with van der Waals surface area (Å²) < 4.78 is 57.1. The Kier molecular flexibility index (Phi) is 27.6. The zero-order valence-electron chi connectivity index (χ0n) is 47.1. The number of carbonyl (C=O) groups excluding carboxylic acids is 5. The van der Waals surface area contributed by atoms with Gasteiger partial charge in [0.05, 0.1) is 33.5 Å². The van der Waals surface area contributed by atoms with Gasteiger partial charge in [-0.25, -0.2) is 19.2 Å². The van der Waals surface area contributed by atoms with E-state index in [2.05, 4.69) is 109 Å². The molecule has 5 unspecified atom stereocenters. The molecule has 17 nitrogen and oxygen atoms in total. The molecular formula is C52H98N2O15Si3. The van der Waals surface area contributed by atoms with E-state index in [0.29, 0.717) is 52.1 Å². The minimum atomic E-state index is -2.48. The first-order valence-corrected chi connectivity index (χ1v) is 35.8. The van der Waals surface area contributed by atoms with Crippen molar-refractivity contribution in [1.29, 1.82) is 0 Å². The highest BCUT2D eigenvalue weighted by molar-refractivity contribution is 6.87. The van der Waals surface area contributed by atoms with Crippen LogP contribution in [0.3, 0.4) is 0 Å². The van der Waals surface area contributed by atoms with Gasteiger partial charge in [-0.3, -0.25) is 4.79 Å². The molecule has 0 saturated heterocycles. The van der Waals surface area contributed by atoms with Gasteiger partial charge in [-0.1, -0.05) is 48.1 Å². The maximum absolute atomic E-state index is 13.8. The smallest absolute Gasteiger partial charge is 0.462 e. The van der Waals surface area contributed by atoms with Crippen LogP contribution in [0.5, 0.6) is 0 Å². The van der Waals surface area contributed by atoms with Gasteiger partial charge in [0.1, 0.15) is 6.61 Å². The number of carbonyl (C=O) groups is 5. The highest BCUT2D eigenvalue weighted by Crippen LogP contribution is 2.50. The minimum Gasteiger partial charge on any atom is -0.462 e. The lowest BCUT2D eigenvalue weighted by atomic mass is 9.61. The van der Waals surface area contributed by atoms with Crippen molar-refractivity contribution >= 4 is 55.5 Å². The summed E-state index contributed by atoms with van der Waals surface area (Å²) in [4.78, 5) is 62.3. The second-order valence-electron chi connectivity index (χ2n) is 24.7. The summed E-state index contributed by atoms with van der Waals surface area (Å²) in [5.41, 5.74) is -0.408. The fraction of sp³-hybridized carbons (Fsp3) is 0.865. The molecule has 2 aliphatic rings. The van der Waals surface area contributed by atoms with E-state index in [1.54, 1.807) is 0 Å². The van der Waals surface area contributed by atoms with Gasteiger partial charge in [0.2, 0.25) is 0 Å². The van der Waals surface area contributed by atoms with Gasteiger partial charge in [0, 0.05) is 50.8 Å². The lowest BCUT2D eigenvalue weighted by molar-refractivity contribution is -0.149. The number of esters is 2. The Morgan fingerprint density at radius 2 is 1.12 bits per heavy atom. The second-order valence-corrected chi connectivity index (χ2v) is 37.5. The van der Waals surface area contributed by atoms with Gasteiger partial charge in [0.25, 0.3) is 0 Å². The first kappa shape index (κ1) is 65.1. The number of amides is 2. The molecule has 0 aliphatic heterocycles. The molecule has 2 fully saturated rings. The lowest BCUT2D eigenvalue weighted by Crippen LogP contribution is -2.52. The van der Waals surface area contributed by atoms with Gasteiger partial charge >= 0.3 is 38.8 Å². The van der Waals surface area contributed by atoms with Crippen molar-refractivity contribution in [2.24, 2.45) is 21.7 Å². The van der Waals surface area contributed by atoms with E-state index < -0.39 is 61.6 Å². The lowest BCUT2D eigenvalue weighted by Gasteiger charge is -2.47.